The molecule has 0 saturated heterocycles. The van der Waals surface area contributed by atoms with Gasteiger partial charge in [-0.2, -0.15) is 0 Å². The van der Waals surface area contributed by atoms with Gasteiger partial charge < -0.3 is 9.73 Å². The molecule has 0 bridgehead atoms. The maximum atomic E-state index is 13.6. The maximum absolute atomic E-state index is 13.6. The van der Waals surface area contributed by atoms with Crippen molar-refractivity contribution >= 4 is 28.9 Å². The summed E-state index contributed by atoms with van der Waals surface area (Å²) < 4.78 is 18.9. The van der Waals surface area contributed by atoms with E-state index in [2.05, 4.69) is 15.5 Å². The van der Waals surface area contributed by atoms with E-state index in [0.717, 1.165) is 0 Å². The van der Waals surface area contributed by atoms with Gasteiger partial charge in [0.15, 0.2) is 0 Å². The van der Waals surface area contributed by atoms with Crippen molar-refractivity contribution in [2.75, 3.05) is 5.32 Å². The largest absolute Gasteiger partial charge is 0.423 e. The van der Waals surface area contributed by atoms with E-state index in [1.165, 1.54) is 12.1 Å². The minimum absolute atomic E-state index is 0.164. The van der Waals surface area contributed by atoms with Gasteiger partial charge in [0.05, 0.1) is 17.3 Å². The van der Waals surface area contributed by atoms with Crippen molar-refractivity contribution in [2.24, 2.45) is 0 Å². The molecule has 1 N–H and O–H groups in total. The topological polar surface area (TPSA) is 51.0 Å². The summed E-state index contributed by atoms with van der Waals surface area (Å²) >= 11 is 11.5. The molecule has 4 nitrogen and oxygen atoms in total. The molecule has 0 atom stereocenters. The van der Waals surface area contributed by atoms with E-state index < -0.39 is 5.82 Å². The summed E-state index contributed by atoms with van der Waals surface area (Å²) in [4.78, 5) is 0. The Kier molecular flexibility index (Phi) is 4.04. The predicted octanol–water partition coefficient (Wildman–Crippen LogP) is 3.69. The van der Waals surface area contributed by atoms with E-state index in [1.807, 2.05) is 6.92 Å². The number of hydrogen-bond acceptors (Lipinski definition) is 4. The number of aromatic nitrogens is 2. The fraction of sp³-hybridized carbons (Fsp3) is 0.273. The minimum atomic E-state index is -0.525. The zero-order valence-electron chi connectivity index (χ0n) is 9.51. The first-order chi connectivity index (χ1) is 8.60. The SMILES string of the molecule is CCc1nnc(CNc2c(F)cc(Cl)cc2Cl)o1. The molecule has 2 aromatic rings. The normalized spacial score (nSPS) is 10.7. The van der Waals surface area contributed by atoms with Crippen molar-refractivity contribution in [1.29, 1.82) is 0 Å². The first-order valence-electron chi connectivity index (χ1n) is 5.29. The quantitative estimate of drug-likeness (QED) is 0.933. The van der Waals surface area contributed by atoms with Crippen LogP contribution >= 0.6 is 23.2 Å². The molecule has 1 heterocycles. The lowest BCUT2D eigenvalue weighted by Gasteiger charge is -2.07. The molecular weight excluding hydrogens is 280 g/mol. The summed E-state index contributed by atoms with van der Waals surface area (Å²) in [5, 5.41) is 10.9. The average Bonchev–Trinajstić information content (AvgIpc) is 2.75. The molecule has 2 rings (SSSR count). The minimum Gasteiger partial charge on any atom is -0.423 e. The Labute approximate surface area is 113 Å². The van der Waals surface area contributed by atoms with Crippen LogP contribution in [0.25, 0.3) is 0 Å². The molecule has 0 radical (unpaired) electrons. The number of aryl methyl sites for hydroxylation is 1. The van der Waals surface area contributed by atoms with Gasteiger partial charge in [0, 0.05) is 11.4 Å². The molecular formula is C11H10Cl2FN3O. The van der Waals surface area contributed by atoms with Gasteiger partial charge in [0.2, 0.25) is 11.8 Å². The van der Waals surface area contributed by atoms with Gasteiger partial charge in [0.1, 0.15) is 5.82 Å². The molecule has 0 saturated carbocycles. The van der Waals surface area contributed by atoms with Crippen LogP contribution in [0.15, 0.2) is 16.5 Å². The van der Waals surface area contributed by atoms with Gasteiger partial charge in [-0.1, -0.05) is 30.1 Å². The first-order valence-corrected chi connectivity index (χ1v) is 6.05. The number of halogens is 3. The molecule has 7 heteroatoms. The third kappa shape index (κ3) is 2.91. The third-order valence-corrected chi connectivity index (χ3v) is 2.75. The highest BCUT2D eigenvalue weighted by atomic mass is 35.5. The van der Waals surface area contributed by atoms with Gasteiger partial charge in [-0.25, -0.2) is 4.39 Å². The van der Waals surface area contributed by atoms with Crippen LogP contribution in [0.1, 0.15) is 18.7 Å². The predicted molar refractivity (Wildman–Crippen MR) is 67.4 cm³/mol. The van der Waals surface area contributed by atoms with E-state index in [1.54, 1.807) is 0 Å². The summed E-state index contributed by atoms with van der Waals surface area (Å²) in [7, 11) is 0. The molecule has 0 aliphatic rings. The van der Waals surface area contributed by atoms with Crippen LogP contribution in [-0.4, -0.2) is 10.2 Å². The smallest absolute Gasteiger partial charge is 0.235 e. The highest BCUT2D eigenvalue weighted by Crippen LogP contribution is 2.29. The van der Waals surface area contributed by atoms with Gasteiger partial charge in [0.25, 0.3) is 0 Å². The molecule has 18 heavy (non-hydrogen) atoms. The van der Waals surface area contributed by atoms with Crippen LogP contribution in [0.4, 0.5) is 10.1 Å². The lowest BCUT2D eigenvalue weighted by Crippen LogP contribution is -2.02. The number of nitrogens with one attached hydrogen (secondary N) is 1. The van der Waals surface area contributed by atoms with Crippen LogP contribution in [0, 0.1) is 5.82 Å². The van der Waals surface area contributed by atoms with Crippen molar-refractivity contribution in [1.82, 2.24) is 10.2 Å². The monoisotopic (exact) mass is 289 g/mol. The lowest BCUT2D eigenvalue weighted by atomic mass is 10.3. The number of hydrogen-bond donors (Lipinski definition) is 1. The second-order valence-electron chi connectivity index (χ2n) is 3.54. The Morgan fingerprint density at radius 3 is 2.61 bits per heavy atom. The molecule has 96 valence electrons. The summed E-state index contributed by atoms with van der Waals surface area (Å²) in [6.45, 7) is 2.10. The lowest BCUT2D eigenvalue weighted by molar-refractivity contribution is 0.460. The van der Waals surface area contributed by atoms with Crippen LogP contribution in [0.5, 0.6) is 0 Å². The number of anilines is 1. The molecule has 0 fully saturated rings. The van der Waals surface area contributed by atoms with Crippen LogP contribution < -0.4 is 5.32 Å². The molecule has 1 aromatic carbocycles. The second kappa shape index (κ2) is 5.54. The highest BCUT2D eigenvalue weighted by molar-refractivity contribution is 6.36. The molecule has 1 aromatic heterocycles. The van der Waals surface area contributed by atoms with Crippen LogP contribution in [0.2, 0.25) is 10.0 Å². The fourth-order valence-electron chi connectivity index (χ4n) is 1.38. The molecule has 0 unspecified atom stereocenters. The third-order valence-electron chi connectivity index (χ3n) is 2.23. The van der Waals surface area contributed by atoms with Gasteiger partial charge in [-0.15, -0.1) is 10.2 Å². The standard InChI is InChI=1S/C11H10Cl2FN3O/c1-2-9-16-17-10(18-9)5-15-11-7(13)3-6(12)4-8(11)14/h3-4,15H,2,5H2,1H3. The van der Waals surface area contributed by atoms with Crippen LogP contribution in [-0.2, 0) is 13.0 Å². The molecule has 0 aliphatic carbocycles. The Hall–Kier alpha value is -1.33. The van der Waals surface area contributed by atoms with Crippen molar-refractivity contribution < 1.29 is 8.81 Å². The highest BCUT2D eigenvalue weighted by Gasteiger charge is 2.10. The summed E-state index contributed by atoms with van der Waals surface area (Å²) in [5.41, 5.74) is 0.164. The molecule has 0 amide bonds. The van der Waals surface area contributed by atoms with E-state index >= 15 is 0 Å². The summed E-state index contributed by atoms with van der Waals surface area (Å²) in [6.07, 6.45) is 0.656. The maximum Gasteiger partial charge on any atom is 0.235 e. The van der Waals surface area contributed by atoms with E-state index in [4.69, 9.17) is 27.6 Å². The zero-order chi connectivity index (χ0) is 13.1. The summed E-state index contributed by atoms with van der Waals surface area (Å²) in [5.74, 6) is 0.384. The van der Waals surface area contributed by atoms with Crippen molar-refractivity contribution in [2.45, 2.75) is 19.9 Å². The fourth-order valence-corrected chi connectivity index (χ4v) is 1.91. The van der Waals surface area contributed by atoms with Crippen molar-refractivity contribution in [3.8, 4) is 0 Å². The molecule has 0 aliphatic heterocycles. The molecule has 0 spiro atoms. The van der Waals surface area contributed by atoms with Crippen molar-refractivity contribution in [3.05, 3.63) is 39.8 Å². The first kappa shape index (κ1) is 13.1. The van der Waals surface area contributed by atoms with E-state index in [-0.39, 0.29) is 22.3 Å². The van der Waals surface area contributed by atoms with Gasteiger partial charge in [-0.05, 0) is 12.1 Å². The van der Waals surface area contributed by atoms with Crippen molar-refractivity contribution in [3.63, 3.8) is 0 Å². The zero-order valence-corrected chi connectivity index (χ0v) is 11.0. The number of nitrogens with zero attached hydrogens (tertiary/aromatic N) is 2. The second-order valence-corrected chi connectivity index (χ2v) is 4.38. The number of benzene rings is 1. The van der Waals surface area contributed by atoms with E-state index in [9.17, 15) is 4.39 Å². The summed E-state index contributed by atoms with van der Waals surface area (Å²) in [6, 6.07) is 2.64. The van der Waals surface area contributed by atoms with Crippen LogP contribution in [0.3, 0.4) is 0 Å². The van der Waals surface area contributed by atoms with E-state index in [0.29, 0.717) is 18.2 Å². The Bertz CT molecular complexity index is 536. The number of rotatable bonds is 4. The average molecular weight is 290 g/mol. The Morgan fingerprint density at radius 2 is 2.00 bits per heavy atom. The van der Waals surface area contributed by atoms with Gasteiger partial charge >= 0.3 is 0 Å². The Morgan fingerprint density at radius 1 is 1.28 bits per heavy atom. The Balaban J connectivity index is 2.10. The van der Waals surface area contributed by atoms with Gasteiger partial charge in [-0.3, -0.25) is 0 Å².